The van der Waals surface area contributed by atoms with E-state index < -0.39 is 0 Å². The lowest BCUT2D eigenvalue weighted by molar-refractivity contribution is 0.292. The molecule has 0 unspecified atom stereocenters. The second-order valence-electron chi connectivity index (χ2n) is 7.16. The van der Waals surface area contributed by atoms with E-state index in [-0.39, 0.29) is 11.2 Å². The maximum absolute atomic E-state index is 12.0. The van der Waals surface area contributed by atoms with Gasteiger partial charge in [-0.1, -0.05) is 19.1 Å². The number of nitrogens with one attached hydrogen (secondary N) is 1. The third-order valence-electron chi connectivity index (χ3n) is 5.13. The number of hydrogen-bond acceptors (Lipinski definition) is 5. The first kappa shape index (κ1) is 22.7. The van der Waals surface area contributed by atoms with Crippen LogP contribution >= 0.6 is 0 Å². The van der Waals surface area contributed by atoms with Crippen molar-refractivity contribution in [2.24, 2.45) is 14.1 Å². The number of unbranched alkanes of at least 4 members (excludes halogenated alkanes) is 1. The van der Waals surface area contributed by atoms with Gasteiger partial charge in [0, 0.05) is 33.3 Å². The van der Waals surface area contributed by atoms with E-state index in [0.29, 0.717) is 19.0 Å². The van der Waals surface area contributed by atoms with Crippen LogP contribution in [0.25, 0.3) is 0 Å². The molecular formula is C22H34N4O3. The Morgan fingerprint density at radius 2 is 1.72 bits per heavy atom. The van der Waals surface area contributed by atoms with Crippen molar-refractivity contribution in [3.05, 3.63) is 56.7 Å². The van der Waals surface area contributed by atoms with E-state index in [1.807, 2.05) is 19.1 Å². The van der Waals surface area contributed by atoms with Gasteiger partial charge in [0.1, 0.15) is 11.6 Å². The highest BCUT2D eigenvalue weighted by atomic mass is 16.5. The van der Waals surface area contributed by atoms with Gasteiger partial charge in [0.2, 0.25) is 0 Å². The molecule has 0 fully saturated rings. The second kappa shape index (κ2) is 11.5. The summed E-state index contributed by atoms with van der Waals surface area (Å²) in [7, 11) is 3.16. The molecule has 2 aromatic rings. The van der Waals surface area contributed by atoms with Gasteiger partial charge in [0.05, 0.1) is 6.61 Å². The van der Waals surface area contributed by atoms with Crippen molar-refractivity contribution < 1.29 is 4.74 Å². The maximum Gasteiger partial charge on any atom is 0.332 e. The van der Waals surface area contributed by atoms with E-state index in [2.05, 4.69) is 29.3 Å². The molecule has 0 radical (unpaired) electrons. The number of benzene rings is 1. The van der Waals surface area contributed by atoms with Crippen LogP contribution in [0.2, 0.25) is 0 Å². The van der Waals surface area contributed by atoms with Crippen LogP contribution in [-0.2, 0) is 20.5 Å². The summed E-state index contributed by atoms with van der Waals surface area (Å²) >= 11 is 0. The molecule has 0 saturated carbocycles. The number of hydrogen-bond donors (Lipinski definition) is 1. The maximum atomic E-state index is 12.0. The molecule has 1 aromatic carbocycles. The Bertz CT molecular complexity index is 871. The van der Waals surface area contributed by atoms with Gasteiger partial charge in [-0.3, -0.25) is 13.9 Å². The number of ether oxygens (including phenoxy) is 1. The molecule has 0 atom stereocenters. The summed E-state index contributed by atoms with van der Waals surface area (Å²) in [5.74, 6) is 1.49. The van der Waals surface area contributed by atoms with E-state index in [9.17, 15) is 9.59 Å². The number of nitrogens with zero attached hydrogens (tertiary/aromatic N) is 3. The van der Waals surface area contributed by atoms with Crippen LogP contribution in [0, 0.1) is 0 Å². The standard InChI is InChI=1S/C22H34N4O3/c1-5-26(15-8-7-9-18-10-12-19(13-11-18)29-6-2)16-14-23-20-17-21(27)25(4)22(28)24(20)3/h10-13,17,23H,5-9,14-16H2,1-4H3. The molecule has 0 saturated heterocycles. The van der Waals surface area contributed by atoms with Crippen LogP contribution in [0.1, 0.15) is 32.3 Å². The molecule has 0 aliphatic carbocycles. The summed E-state index contributed by atoms with van der Waals surface area (Å²) in [6.45, 7) is 8.39. The first-order valence-corrected chi connectivity index (χ1v) is 10.4. The monoisotopic (exact) mass is 402 g/mol. The molecule has 0 amide bonds. The molecule has 29 heavy (non-hydrogen) atoms. The molecule has 0 aliphatic heterocycles. The van der Waals surface area contributed by atoms with Gasteiger partial charge in [0.25, 0.3) is 5.56 Å². The van der Waals surface area contributed by atoms with Crippen molar-refractivity contribution in [3.63, 3.8) is 0 Å². The molecule has 0 bridgehead atoms. The minimum atomic E-state index is -0.318. The Morgan fingerprint density at radius 1 is 1.00 bits per heavy atom. The Labute approximate surface area is 172 Å². The average molecular weight is 403 g/mol. The lowest BCUT2D eigenvalue weighted by Gasteiger charge is -2.21. The Balaban J connectivity index is 1.73. The lowest BCUT2D eigenvalue weighted by atomic mass is 10.1. The SMILES string of the molecule is CCOc1ccc(CCCCN(CC)CCNc2cc(=O)n(C)c(=O)n2C)cc1. The zero-order valence-electron chi connectivity index (χ0n) is 18.1. The fraction of sp³-hybridized carbons (Fsp3) is 0.545. The van der Waals surface area contributed by atoms with Crippen molar-refractivity contribution in [1.82, 2.24) is 14.0 Å². The summed E-state index contributed by atoms with van der Waals surface area (Å²) < 4.78 is 8.05. The van der Waals surface area contributed by atoms with Crippen molar-refractivity contribution >= 4 is 5.82 Å². The summed E-state index contributed by atoms with van der Waals surface area (Å²) in [5.41, 5.74) is 0.726. The van der Waals surface area contributed by atoms with Crippen molar-refractivity contribution in [2.45, 2.75) is 33.1 Å². The molecule has 7 nitrogen and oxygen atoms in total. The summed E-state index contributed by atoms with van der Waals surface area (Å²) in [6.07, 6.45) is 3.34. The van der Waals surface area contributed by atoms with E-state index >= 15 is 0 Å². The van der Waals surface area contributed by atoms with E-state index in [4.69, 9.17) is 4.74 Å². The zero-order chi connectivity index (χ0) is 21.2. The molecule has 160 valence electrons. The molecule has 7 heteroatoms. The van der Waals surface area contributed by atoms with Crippen LogP contribution in [0.5, 0.6) is 5.75 Å². The van der Waals surface area contributed by atoms with E-state index in [0.717, 1.165) is 49.2 Å². The minimum Gasteiger partial charge on any atom is -0.494 e. The summed E-state index contributed by atoms with van der Waals surface area (Å²) in [6, 6.07) is 9.82. The summed E-state index contributed by atoms with van der Waals surface area (Å²) in [4.78, 5) is 26.2. The van der Waals surface area contributed by atoms with Gasteiger partial charge in [0.15, 0.2) is 0 Å². The Morgan fingerprint density at radius 3 is 2.38 bits per heavy atom. The lowest BCUT2D eigenvalue weighted by Crippen LogP contribution is -2.38. The molecule has 1 aromatic heterocycles. The Kier molecular flexibility index (Phi) is 8.99. The van der Waals surface area contributed by atoms with Gasteiger partial charge < -0.3 is 15.0 Å². The second-order valence-corrected chi connectivity index (χ2v) is 7.16. The normalized spacial score (nSPS) is 11.1. The minimum absolute atomic E-state index is 0.294. The van der Waals surface area contributed by atoms with Crippen LogP contribution in [0.3, 0.4) is 0 Å². The largest absolute Gasteiger partial charge is 0.494 e. The molecular weight excluding hydrogens is 368 g/mol. The van der Waals surface area contributed by atoms with Crippen molar-refractivity contribution in [2.75, 3.05) is 38.1 Å². The quantitative estimate of drug-likeness (QED) is 0.552. The van der Waals surface area contributed by atoms with E-state index in [1.165, 1.54) is 23.2 Å². The molecule has 1 N–H and O–H groups in total. The topological polar surface area (TPSA) is 68.5 Å². The van der Waals surface area contributed by atoms with Crippen LogP contribution < -0.4 is 21.3 Å². The first-order valence-electron chi connectivity index (χ1n) is 10.4. The van der Waals surface area contributed by atoms with Crippen LogP contribution in [0.15, 0.2) is 39.9 Å². The first-order chi connectivity index (χ1) is 14.0. The zero-order valence-corrected chi connectivity index (χ0v) is 18.1. The molecule has 0 spiro atoms. The summed E-state index contributed by atoms with van der Waals surface area (Å²) in [5, 5.41) is 3.21. The number of rotatable bonds is 12. The van der Waals surface area contributed by atoms with Crippen molar-refractivity contribution in [1.29, 1.82) is 0 Å². The number of aromatic nitrogens is 2. The highest BCUT2D eigenvalue weighted by Crippen LogP contribution is 2.14. The third-order valence-corrected chi connectivity index (χ3v) is 5.13. The van der Waals surface area contributed by atoms with Crippen LogP contribution in [0.4, 0.5) is 5.82 Å². The third kappa shape index (κ3) is 6.78. The highest BCUT2D eigenvalue weighted by Gasteiger charge is 2.07. The predicted molar refractivity (Wildman–Crippen MR) is 118 cm³/mol. The predicted octanol–water partition coefficient (Wildman–Crippen LogP) is 2.24. The number of likely N-dealkylation sites (N-methyl/N-ethyl adjacent to an activating group) is 1. The van der Waals surface area contributed by atoms with E-state index in [1.54, 1.807) is 7.05 Å². The smallest absolute Gasteiger partial charge is 0.332 e. The average Bonchev–Trinajstić information content (AvgIpc) is 2.73. The fourth-order valence-corrected chi connectivity index (χ4v) is 3.26. The van der Waals surface area contributed by atoms with Gasteiger partial charge in [-0.2, -0.15) is 0 Å². The van der Waals surface area contributed by atoms with Gasteiger partial charge >= 0.3 is 5.69 Å². The number of aryl methyl sites for hydroxylation is 1. The van der Waals surface area contributed by atoms with Crippen LogP contribution in [-0.4, -0.2) is 46.8 Å². The molecule has 0 aliphatic rings. The van der Waals surface area contributed by atoms with Gasteiger partial charge in [-0.05, 0) is 57.0 Å². The fourth-order valence-electron chi connectivity index (χ4n) is 3.26. The molecule has 1 heterocycles. The Hall–Kier alpha value is -2.54. The number of anilines is 1. The van der Waals surface area contributed by atoms with Gasteiger partial charge in [-0.25, -0.2) is 4.79 Å². The van der Waals surface area contributed by atoms with Gasteiger partial charge in [-0.15, -0.1) is 0 Å². The molecule has 2 rings (SSSR count). The van der Waals surface area contributed by atoms with Crippen molar-refractivity contribution in [3.8, 4) is 5.75 Å². The highest BCUT2D eigenvalue weighted by molar-refractivity contribution is 5.33.